The molecule has 0 radical (unpaired) electrons. The van der Waals surface area contributed by atoms with Gasteiger partial charge in [0.25, 0.3) is 5.78 Å². The van der Waals surface area contributed by atoms with Crippen LogP contribution in [0, 0.1) is 5.82 Å². The fourth-order valence-electron chi connectivity index (χ4n) is 1.39. The number of benzene rings is 1. The van der Waals surface area contributed by atoms with Crippen LogP contribution in [0.4, 0.5) is 17.6 Å². The van der Waals surface area contributed by atoms with Gasteiger partial charge in [0.05, 0.1) is 0 Å². The van der Waals surface area contributed by atoms with Crippen LogP contribution in [-0.4, -0.2) is 29.9 Å². The maximum Gasteiger partial charge on any atom is 0.452 e. The highest BCUT2D eigenvalue weighted by Gasteiger charge is 2.49. The number of hydrogen-bond acceptors (Lipinski definition) is 4. The van der Waals surface area contributed by atoms with Gasteiger partial charge in [-0.25, -0.2) is 14.2 Å². The maximum absolute atomic E-state index is 12.7. The highest BCUT2D eigenvalue weighted by molar-refractivity contribution is 6.16. The number of aliphatic imine (C=N–C) groups is 1. The second-order valence-corrected chi connectivity index (χ2v) is 3.63. The molecule has 100 valence electrons. The van der Waals surface area contributed by atoms with Crippen LogP contribution in [0.15, 0.2) is 29.3 Å². The number of halogens is 4. The van der Waals surface area contributed by atoms with Crippen molar-refractivity contribution in [1.29, 1.82) is 0 Å². The number of cyclic esters (lactones) is 1. The standard InChI is InChI=1S/C11H5F4NO3/c12-6-3-1-5(2-4-6)9-16-7(10(18)19-9)8(17)11(13,14)15/h1-4,7H. The van der Waals surface area contributed by atoms with Crippen LogP contribution in [0.1, 0.15) is 5.56 Å². The van der Waals surface area contributed by atoms with Crippen molar-refractivity contribution in [1.82, 2.24) is 0 Å². The van der Waals surface area contributed by atoms with Gasteiger partial charge in [-0.2, -0.15) is 13.2 Å². The minimum atomic E-state index is -5.18. The van der Waals surface area contributed by atoms with Gasteiger partial charge >= 0.3 is 12.1 Å². The fraction of sp³-hybridized carbons (Fsp3) is 0.182. The molecule has 1 heterocycles. The molecule has 8 heteroatoms. The lowest BCUT2D eigenvalue weighted by Crippen LogP contribution is -2.36. The molecular formula is C11H5F4NO3. The summed E-state index contributed by atoms with van der Waals surface area (Å²) >= 11 is 0. The Bertz CT molecular complexity index is 562. The molecule has 1 aromatic rings. The lowest BCUT2D eigenvalue weighted by Gasteiger charge is -2.05. The number of ether oxygens (including phenoxy) is 1. The minimum Gasteiger partial charge on any atom is -0.405 e. The van der Waals surface area contributed by atoms with Crippen LogP contribution in [0.3, 0.4) is 0 Å². The zero-order chi connectivity index (χ0) is 14.2. The first kappa shape index (κ1) is 13.2. The first-order valence-electron chi connectivity index (χ1n) is 4.95. The number of rotatable bonds is 2. The van der Waals surface area contributed by atoms with E-state index in [2.05, 4.69) is 9.73 Å². The summed E-state index contributed by atoms with van der Waals surface area (Å²) in [6.07, 6.45) is -5.18. The van der Waals surface area contributed by atoms with Gasteiger partial charge in [0.1, 0.15) is 5.82 Å². The normalized spacial score (nSPS) is 19.1. The summed E-state index contributed by atoms with van der Waals surface area (Å²) < 4.78 is 53.7. The van der Waals surface area contributed by atoms with E-state index in [1.165, 1.54) is 12.1 Å². The van der Waals surface area contributed by atoms with Gasteiger partial charge in [0.15, 0.2) is 0 Å². The van der Waals surface area contributed by atoms with E-state index in [0.29, 0.717) is 0 Å². The van der Waals surface area contributed by atoms with Crippen molar-refractivity contribution < 1.29 is 31.9 Å². The number of carbonyl (C=O) groups is 2. The van der Waals surface area contributed by atoms with Crippen LogP contribution in [0.5, 0.6) is 0 Å². The third-order valence-corrected chi connectivity index (χ3v) is 2.29. The van der Waals surface area contributed by atoms with Crippen molar-refractivity contribution in [3.8, 4) is 0 Å². The molecule has 1 aliphatic rings. The summed E-state index contributed by atoms with van der Waals surface area (Å²) in [4.78, 5) is 25.4. The second-order valence-electron chi connectivity index (χ2n) is 3.63. The van der Waals surface area contributed by atoms with E-state index in [4.69, 9.17) is 0 Å². The van der Waals surface area contributed by atoms with E-state index in [0.717, 1.165) is 12.1 Å². The third-order valence-electron chi connectivity index (χ3n) is 2.29. The van der Waals surface area contributed by atoms with E-state index in [-0.39, 0.29) is 5.56 Å². The van der Waals surface area contributed by atoms with E-state index in [9.17, 15) is 27.2 Å². The van der Waals surface area contributed by atoms with Crippen molar-refractivity contribution in [2.24, 2.45) is 4.99 Å². The molecule has 0 aliphatic carbocycles. The zero-order valence-electron chi connectivity index (χ0n) is 9.07. The smallest absolute Gasteiger partial charge is 0.405 e. The van der Waals surface area contributed by atoms with Gasteiger partial charge < -0.3 is 4.74 Å². The molecule has 0 spiro atoms. The minimum absolute atomic E-state index is 0.104. The van der Waals surface area contributed by atoms with E-state index >= 15 is 0 Å². The molecule has 0 bridgehead atoms. The van der Waals surface area contributed by atoms with Crippen molar-refractivity contribution in [3.63, 3.8) is 0 Å². The van der Waals surface area contributed by atoms with Crippen molar-refractivity contribution in [3.05, 3.63) is 35.6 Å². The Morgan fingerprint density at radius 2 is 1.79 bits per heavy atom. The van der Waals surface area contributed by atoms with E-state index < -0.39 is 35.7 Å². The van der Waals surface area contributed by atoms with E-state index in [1.807, 2.05) is 0 Å². The number of carbonyl (C=O) groups excluding carboxylic acids is 2. The number of alkyl halides is 3. The molecular weight excluding hydrogens is 270 g/mol. The molecule has 2 rings (SSSR count). The molecule has 19 heavy (non-hydrogen) atoms. The number of hydrogen-bond donors (Lipinski definition) is 0. The van der Waals surface area contributed by atoms with Crippen molar-refractivity contribution in [2.75, 3.05) is 0 Å². The molecule has 0 amide bonds. The molecule has 0 saturated carbocycles. The molecule has 0 saturated heterocycles. The Morgan fingerprint density at radius 3 is 2.32 bits per heavy atom. The molecule has 1 aromatic carbocycles. The van der Waals surface area contributed by atoms with Gasteiger partial charge in [0.2, 0.25) is 11.9 Å². The maximum atomic E-state index is 12.7. The summed E-state index contributed by atoms with van der Waals surface area (Å²) in [5, 5.41) is 0. The average molecular weight is 275 g/mol. The Labute approximate surface area is 103 Å². The first-order chi connectivity index (χ1) is 8.79. The summed E-state index contributed by atoms with van der Waals surface area (Å²) in [5.41, 5.74) is 0.104. The average Bonchev–Trinajstić information content (AvgIpc) is 2.70. The Kier molecular flexibility index (Phi) is 3.09. The predicted molar refractivity (Wildman–Crippen MR) is 53.9 cm³/mol. The van der Waals surface area contributed by atoms with Crippen LogP contribution in [-0.2, 0) is 14.3 Å². The highest BCUT2D eigenvalue weighted by atomic mass is 19.4. The summed E-state index contributed by atoms with van der Waals surface area (Å²) in [5.74, 6) is -4.71. The van der Waals surface area contributed by atoms with Crippen LogP contribution >= 0.6 is 0 Å². The molecule has 1 unspecified atom stereocenters. The van der Waals surface area contributed by atoms with Gasteiger partial charge in [-0.15, -0.1) is 0 Å². The van der Waals surface area contributed by atoms with Crippen LogP contribution in [0.25, 0.3) is 0 Å². The van der Waals surface area contributed by atoms with Gasteiger partial charge in [0, 0.05) is 5.56 Å². The van der Waals surface area contributed by atoms with Crippen LogP contribution in [0.2, 0.25) is 0 Å². The second kappa shape index (κ2) is 4.45. The van der Waals surface area contributed by atoms with Gasteiger partial charge in [-0.05, 0) is 24.3 Å². The lowest BCUT2D eigenvalue weighted by atomic mass is 10.2. The summed E-state index contributed by atoms with van der Waals surface area (Å²) in [6, 6.07) is 2.12. The van der Waals surface area contributed by atoms with Crippen molar-refractivity contribution >= 4 is 17.7 Å². The quantitative estimate of drug-likeness (QED) is 0.468. The number of ketones is 1. The number of nitrogens with zero attached hydrogens (tertiary/aromatic N) is 1. The van der Waals surface area contributed by atoms with Crippen molar-refractivity contribution in [2.45, 2.75) is 12.2 Å². The first-order valence-corrected chi connectivity index (χ1v) is 4.95. The fourth-order valence-corrected chi connectivity index (χ4v) is 1.39. The summed E-state index contributed by atoms with van der Waals surface area (Å²) in [6.45, 7) is 0. The molecule has 0 aromatic heterocycles. The molecule has 4 nitrogen and oxygen atoms in total. The van der Waals surface area contributed by atoms with Crippen LogP contribution < -0.4 is 0 Å². The largest absolute Gasteiger partial charge is 0.452 e. The van der Waals surface area contributed by atoms with E-state index in [1.54, 1.807) is 0 Å². The Hall–Kier alpha value is -2.25. The predicted octanol–water partition coefficient (Wildman–Crippen LogP) is 1.63. The summed E-state index contributed by atoms with van der Waals surface area (Å²) in [7, 11) is 0. The third kappa shape index (κ3) is 2.61. The molecule has 0 N–H and O–H groups in total. The van der Waals surface area contributed by atoms with Gasteiger partial charge in [-0.1, -0.05) is 0 Å². The lowest BCUT2D eigenvalue weighted by molar-refractivity contribution is -0.174. The van der Waals surface area contributed by atoms with Gasteiger partial charge in [-0.3, -0.25) is 4.79 Å². The molecule has 0 fully saturated rings. The monoisotopic (exact) mass is 275 g/mol. The SMILES string of the molecule is O=C1OC(c2ccc(F)cc2)=NC1C(=O)C(F)(F)F. The zero-order valence-corrected chi connectivity index (χ0v) is 9.07. The Balaban J connectivity index is 2.29. The number of Topliss-reactive ketones (excluding diaryl/α,β-unsaturated/α-hetero) is 1. The Morgan fingerprint density at radius 1 is 1.21 bits per heavy atom. The molecule has 1 aliphatic heterocycles. The molecule has 1 atom stereocenters. The topological polar surface area (TPSA) is 55.7 Å². The highest BCUT2D eigenvalue weighted by Crippen LogP contribution is 2.23. The number of esters is 1.